The number of carbonyl (C=O) groups excluding carboxylic acids is 1. The first-order valence-electron chi connectivity index (χ1n) is 8.17. The van der Waals surface area contributed by atoms with E-state index in [1.807, 2.05) is 49.4 Å². The zero-order valence-electron chi connectivity index (χ0n) is 13.5. The van der Waals surface area contributed by atoms with Crippen molar-refractivity contribution in [2.75, 3.05) is 5.32 Å². The number of benzene rings is 1. The molecule has 0 radical (unpaired) electrons. The number of hydrogen-bond acceptors (Lipinski definition) is 3. The van der Waals surface area contributed by atoms with E-state index in [9.17, 15) is 4.79 Å². The molecular weight excluding hydrogens is 286 g/mol. The maximum atomic E-state index is 12.6. The molecule has 3 rings (SSSR count). The predicted octanol–water partition coefficient (Wildman–Crippen LogP) is 3.59. The summed E-state index contributed by atoms with van der Waals surface area (Å²) < 4.78 is 0. The van der Waals surface area contributed by atoms with Gasteiger partial charge in [-0.15, -0.1) is 0 Å². The Balaban J connectivity index is 1.77. The molecular formula is C19H23N3O. The van der Waals surface area contributed by atoms with Gasteiger partial charge in [-0.25, -0.2) is 0 Å². The van der Waals surface area contributed by atoms with Gasteiger partial charge in [0.15, 0.2) is 0 Å². The molecule has 1 fully saturated rings. The van der Waals surface area contributed by atoms with Crippen molar-refractivity contribution in [3.8, 4) is 11.3 Å². The van der Waals surface area contributed by atoms with E-state index in [1.165, 1.54) is 0 Å². The zero-order chi connectivity index (χ0) is 16.3. The second kappa shape index (κ2) is 6.50. The quantitative estimate of drug-likeness (QED) is 0.910. The van der Waals surface area contributed by atoms with Crippen LogP contribution in [0.3, 0.4) is 0 Å². The Labute approximate surface area is 137 Å². The van der Waals surface area contributed by atoms with E-state index >= 15 is 0 Å². The summed E-state index contributed by atoms with van der Waals surface area (Å²) in [6.07, 6.45) is 5.65. The topological polar surface area (TPSA) is 68.0 Å². The lowest BCUT2D eigenvalue weighted by Crippen LogP contribution is -2.51. The van der Waals surface area contributed by atoms with E-state index in [4.69, 9.17) is 5.73 Å². The van der Waals surface area contributed by atoms with Crippen LogP contribution in [0.5, 0.6) is 0 Å². The first-order chi connectivity index (χ1) is 11.1. The van der Waals surface area contributed by atoms with Gasteiger partial charge in [0.1, 0.15) is 0 Å². The largest absolute Gasteiger partial charge is 0.326 e. The van der Waals surface area contributed by atoms with E-state index in [2.05, 4.69) is 10.3 Å². The highest BCUT2D eigenvalue weighted by Gasteiger charge is 2.37. The molecule has 120 valence electrons. The van der Waals surface area contributed by atoms with Crippen molar-refractivity contribution in [3.05, 3.63) is 48.7 Å². The SMILES string of the molecule is CC1(N)CCCCC1C(=O)Nc1ccnc(-c2ccccc2)c1. The fraction of sp³-hybridized carbons (Fsp3) is 0.368. The number of nitrogens with zero attached hydrogens (tertiary/aromatic N) is 1. The molecule has 1 aliphatic carbocycles. The van der Waals surface area contributed by atoms with Gasteiger partial charge in [-0.2, -0.15) is 0 Å². The Hall–Kier alpha value is -2.20. The van der Waals surface area contributed by atoms with Gasteiger partial charge in [-0.05, 0) is 31.9 Å². The molecule has 1 aromatic heterocycles. The Kier molecular flexibility index (Phi) is 4.44. The fourth-order valence-electron chi connectivity index (χ4n) is 3.29. The number of anilines is 1. The van der Waals surface area contributed by atoms with E-state index in [0.717, 1.165) is 42.6 Å². The minimum absolute atomic E-state index is 0.0138. The van der Waals surface area contributed by atoms with Crippen molar-refractivity contribution in [2.45, 2.75) is 38.1 Å². The van der Waals surface area contributed by atoms with Crippen molar-refractivity contribution in [1.29, 1.82) is 0 Å². The molecule has 4 heteroatoms. The van der Waals surface area contributed by atoms with Crippen LogP contribution in [0, 0.1) is 5.92 Å². The number of aromatic nitrogens is 1. The van der Waals surface area contributed by atoms with Crippen molar-refractivity contribution in [2.24, 2.45) is 11.7 Å². The van der Waals surface area contributed by atoms with Crippen molar-refractivity contribution in [1.82, 2.24) is 4.98 Å². The van der Waals surface area contributed by atoms with Gasteiger partial charge in [0.2, 0.25) is 5.91 Å². The Morgan fingerprint density at radius 2 is 2.04 bits per heavy atom. The molecule has 2 unspecified atom stereocenters. The molecule has 0 saturated heterocycles. The summed E-state index contributed by atoms with van der Waals surface area (Å²) in [5, 5.41) is 3.02. The van der Waals surface area contributed by atoms with E-state index in [-0.39, 0.29) is 11.8 Å². The lowest BCUT2D eigenvalue weighted by molar-refractivity contribution is -0.122. The second-order valence-corrected chi connectivity index (χ2v) is 6.59. The molecule has 1 heterocycles. The van der Waals surface area contributed by atoms with Crippen LogP contribution >= 0.6 is 0 Å². The average molecular weight is 309 g/mol. The second-order valence-electron chi connectivity index (χ2n) is 6.59. The summed E-state index contributed by atoms with van der Waals surface area (Å²) in [4.78, 5) is 17.0. The van der Waals surface area contributed by atoms with Crippen LogP contribution in [0.2, 0.25) is 0 Å². The Bertz CT molecular complexity index is 682. The van der Waals surface area contributed by atoms with Crippen LogP contribution < -0.4 is 11.1 Å². The van der Waals surface area contributed by atoms with Gasteiger partial charge in [-0.3, -0.25) is 9.78 Å². The van der Waals surface area contributed by atoms with Gasteiger partial charge < -0.3 is 11.1 Å². The van der Waals surface area contributed by atoms with E-state index in [0.29, 0.717) is 0 Å². The van der Waals surface area contributed by atoms with Gasteiger partial charge >= 0.3 is 0 Å². The number of carbonyl (C=O) groups is 1. The zero-order valence-corrected chi connectivity index (χ0v) is 13.5. The smallest absolute Gasteiger partial charge is 0.229 e. The number of nitrogens with one attached hydrogen (secondary N) is 1. The van der Waals surface area contributed by atoms with Crippen molar-refractivity contribution in [3.63, 3.8) is 0 Å². The minimum atomic E-state index is -0.419. The van der Waals surface area contributed by atoms with Crippen molar-refractivity contribution >= 4 is 11.6 Å². The highest BCUT2D eigenvalue weighted by molar-refractivity contribution is 5.94. The highest BCUT2D eigenvalue weighted by Crippen LogP contribution is 2.32. The molecule has 0 spiro atoms. The van der Waals surface area contributed by atoms with Gasteiger partial charge in [0.25, 0.3) is 0 Å². The number of nitrogens with two attached hydrogens (primary N) is 1. The van der Waals surface area contributed by atoms with E-state index in [1.54, 1.807) is 6.20 Å². The summed E-state index contributed by atoms with van der Waals surface area (Å²) in [5.74, 6) is -0.121. The van der Waals surface area contributed by atoms with Crippen molar-refractivity contribution < 1.29 is 4.79 Å². The number of hydrogen-bond donors (Lipinski definition) is 2. The van der Waals surface area contributed by atoms with Crippen LogP contribution in [0.15, 0.2) is 48.7 Å². The molecule has 1 aliphatic rings. The summed E-state index contributed by atoms with van der Waals surface area (Å²) >= 11 is 0. The maximum Gasteiger partial charge on any atom is 0.229 e. The highest BCUT2D eigenvalue weighted by atomic mass is 16.1. The number of amides is 1. The van der Waals surface area contributed by atoms with Crippen LogP contribution in [0.25, 0.3) is 11.3 Å². The number of pyridine rings is 1. The average Bonchev–Trinajstić information content (AvgIpc) is 2.55. The normalized spacial score (nSPS) is 24.2. The summed E-state index contributed by atoms with van der Waals surface area (Å²) in [6, 6.07) is 13.7. The Morgan fingerprint density at radius 3 is 2.78 bits per heavy atom. The van der Waals surface area contributed by atoms with Crippen LogP contribution in [0.4, 0.5) is 5.69 Å². The summed E-state index contributed by atoms with van der Waals surface area (Å²) in [7, 11) is 0. The lowest BCUT2D eigenvalue weighted by atomic mass is 9.74. The lowest BCUT2D eigenvalue weighted by Gasteiger charge is -2.37. The molecule has 23 heavy (non-hydrogen) atoms. The minimum Gasteiger partial charge on any atom is -0.326 e. The van der Waals surface area contributed by atoms with Gasteiger partial charge in [0, 0.05) is 23.0 Å². The molecule has 1 amide bonds. The molecule has 0 aliphatic heterocycles. The van der Waals surface area contributed by atoms with Gasteiger partial charge in [0.05, 0.1) is 11.6 Å². The third-order valence-electron chi connectivity index (χ3n) is 4.67. The summed E-state index contributed by atoms with van der Waals surface area (Å²) in [5.41, 5.74) is 8.56. The molecule has 4 nitrogen and oxygen atoms in total. The number of rotatable bonds is 3. The first kappa shape index (κ1) is 15.7. The molecule has 2 atom stereocenters. The van der Waals surface area contributed by atoms with Crippen LogP contribution in [0.1, 0.15) is 32.6 Å². The summed E-state index contributed by atoms with van der Waals surface area (Å²) in [6.45, 7) is 1.98. The standard InChI is InChI=1S/C19H23N3O/c1-19(20)11-6-5-9-16(19)18(23)22-15-10-12-21-17(13-15)14-7-3-2-4-8-14/h2-4,7-8,10,12-13,16H,5-6,9,11,20H2,1H3,(H,21,22,23). The first-order valence-corrected chi connectivity index (χ1v) is 8.17. The predicted molar refractivity (Wildman–Crippen MR) is 92.9 cm³/mol. The maximum absolute atomic E-state index is 12.6. The molecule has 0 bridgehead atoms. The third kappa shape index (κ3) is 3.59. The van der Waals surface area contributed by atoms with Gasteiger partial charge in [-0.1, -0.05) is 43.2 Å². The third-order valence-corrected chi connectivity index (χ3v) is 4.67. The Morgan fingerprint density at radius 1 is 1.26 bits per heavy atom. The fourth-order valence-corrected chi connectivity index (χ4v) is 3.29. The molecule has 1 saturated carbocycles. The van der Waals surface area contributed by atoms with Crippen LogP contribution in [-0.4, -0.2) is 16.4 Å². The molecule has 2 aromatic rings. The molecule has 3 N–H and O–H groups in total. The monoisotopic (exact) mass is 309 g/mol. The van der Waals surface area contributed by atoms with E-state index < -0.39 is 5.54 Å². The van der Waals surface area contributed by atoms with Crippen LogP contribution in [-0.2, 0) is 4.79 Å². The molecule has 1 aromatic carbocycles.